The van der Waals surface area contributed by atoms with Crippen molar-refractivity contribution in [3.05, 3.63) is 63.2 Å². The van der Waals surface area contributed by atoms with Gasteiger partial charge in [-0.25, -0.2) is 0 Å². The number of methoxy groups -OCH3 is 1. The van der Waals surface area contributed by atoms with E-state index < -0.39 is 0 Å². The van der Waals surface area contributed by atoms with Gasteiger partial charge in [-0.1, -0.05) is 45.9 Å². The molecule has 4 aliphatic heterocycles. The van der Waals surface area contributed by atoms with E-state index in [1.165, 1.54) is 38.9 Å². The van der Waals surface area contributed by atoms with Gasteiger partial charge in [0.1, 0.15) is 11.5 Å². The first-order valence-corrected chi connectivity index (χ1v) is 16.9. The van der Waals surface area contributed by atoms with E-state index in [1.807, 2.05) is 0 Å². The summed E-state index contributed by atoms with van der Waals surface area (Å²) in [6, 6.07) is 9.85. The van der Waals surface area contributed by atoms with Crippen LogP contribution in [0.2, 0.25) is 0 Å². The molecule has 1 N–H and O–H groups in total. The van der Waals surface area contributed by atoms with Crippen LogP contribution in [0.1, 0.15) is 106 Å². The molecule has 2 saturated heterocycles. The van der Waals surface area contributed by atoms with Gasteiger partial charge >= 0.3 is 29.6 Å². The van der Waals surface area contributed by atoms with Crippen molar-refractivity contribution in [2.24, 2.45) is 23.7 Å². The van der Waals surface area contributed by atoms with Crippen LogP contribution in [0.3, 0.4) is 0 Å². The monoisotopic (exact) mass is 623 g/mol. The van der Waals surface area contributed by atoms with E-state index in [0.29, 0.717) is 42.0 Å². The summed E-state index contributed by atoms with van der Waals surface area (Å²) in [6.45, 7) is 19.6. The van der Waals surface area contributed by atoms with Crippen molar-refractivity contribution in [3.8, 4) is 5.75 Å². The summed E-state index contributed by atoms with van der Waals surface area (Å²) in [4.78, 5) is 17.7. The zero-order valence-corrected chi connectivity index (χ0v) is 31.7. The predicted octanol–water partition coefficient (Wildman–Crippen LogP) is 3.90. The number of ether oxygens (including phenoxy) is 1. The van der Waals surface area contributed by atoms with Gasteiger partial charge in [0, 0.05) is 59.0 Å². The van der Waals surface area contributed by atoms with Crippen LogP contribution in [0.15, 0.2) is 24.3 Å². The van der Waals surface area contributed by atoms with E-state index in [2.05, 4.69) is 82.5 Å². The SMILES string of the molecule is COc1cc2c(cc1C)CCN1CC(CC(C)C)C(O)CC21.Cc1cc2c(cc1C)C1CC(=O)C(CC(C)C)CN1CC2.[B].[H-].[Na+]. The Morgan fingerprint density at radius 1 is 0.844 bits per heavy atom. The molecule has 4 aliphatic rings. The first-order chi connectivity index (χ1) is 20.4. The third kappa shape index (κ3) is 8.67. The molecule has 3 radical (unpaired) electrons. The minimum atomic E-state index is -0.179. The summed E-state index contributed by atoms with van der Waals surface area (Å²) in [5, 5.41) is 10.6. The molecule has 2 fully saturated rings. The molecule has 5 unspecified atom stereocenters. The van der Waals surface area contributed by atoms with Crippen LogP contribution in [0, 0.1) is 44.4 Å². The molecule has 2 aromatic rings. The molecule has 45 heavy (non-hydrogen) atoms. The molecule has 0 bridgehead atoms. The van der Waals surface area contributed by atoms with Gasteiger partial charge in [-0.2, -0.15) is 0 Å². The first kappa shape index (κ1) is 38.3. The van der Waals surface area contributed by atoms with Crippen molar-refractivity contribution in [1.29, 1.82) is 0 Å². The van der Waals surface area contributed by atoms with E-state index in [9.17, 15) is 9.90 Å². The molecule has 0 aliphatic carbocycles. The van der Waals surface area contributed by atoms with Crippen molar-refractivity contribution in [3.63, 3.8) is 0 Å². The van der Waals surface area contributed by atoms with Gasteiger partial charge < -0.3 is 11.3 Å². The zero-order valence-electron chi connectivity index (χ0n) is 30.7. The van der Waals surface area contributed by atoms with Crippen LogP contribution in [-0.2, 0) is 17.6 Å². The fraction of sp³-hybridized carbons (Fsp3) is 0.658. The van der Waals surface area contributed by atoms with E-state index in [1.54, 1.807) is 7.11 Å². The summed E-state index contributed by atoms with van der Waals surface area (Å²) >= 11 is 0. The van der Waals surface area contributed by atoms with Crippen LogP contribution < -0.4 is 34.3 Å². The molecule has 0 amide bonds. The topological polar surface area (TPSA) is 53.0 Å². The third-order valence-electron chi connectivity index (χ3n) is 10.7. The summed E-state index contributed by atoms with van der Waals surface area (Å²) < 4.78 is 5.51. The summed E-state index contributed by atoms with van der Waals surface area (Å²) in [5.41, 5.74) is 9.64. The number of ketones is 1. The number of piperidine rings is 2. The Morgan fingerprint density at radius 3 is 2.00 bits per heavy atom. The summed E-state index contributed by atoms with van der Waals surface area (Å²) in [5.74, 6) is 3.39. The van der Waals surface area contributed by atoms with E-state index in [-0.39, 0.29) is 51.4 Å². The minimum absolute atomic E-state index is 0. The number of Topliss-reactive ketones (excluding diaryl/α,β-unsaturated/α-hetero) is 1. The number of carbonyl (C=O) groups is 1. The quantitative estimate of drug-likeness (QED) is 0.513. The first-order valence-electron chi connectivity index (χ1n) is 16.9. The molecule has 6 rings (SSSR count). The number of aryl methyl sites for hydroxylation is 3. The second-order valence-corrected chi connectivity index (χ2v) is 14.9. The number of aliphatic hydroxyl groups excluding tert-OH is 1. The number of hydrogen-bond donors (Lipinski definition) is 1. The zero-order chi connectivity index (χ0) is 31.0. The van der Waals surface area contributed by atoms with Crippen molar-refractivity contribution >= 4 is 14.2 Å². The molecule has 7 heteroatoms. The molecule has 5 atom stereocenters. The molecular formula is C38H57BN2NaO3. The van der Waals surface area contributed by atoms with E-state index in [4.69, 9.17) is 4.74 Å². The molecule has 241 valence electrons. The van der Waals surface area contributed by atoms with Gasteiger partial charge in [-0.3, -0.25) is 14.6 Å². The molecule has 2 aromatic carbocycles. The number of fused-ring (bicyclic) bond motifs is 6. The van der Waals surface area contributed by atoms with Gasteiger partial charge in [0.25, 0.3) is 0 Å². The Labute approximate surface area is 299 Å². The van der Waals surface area contributed by atoms with Crippen molar-refractivity contribution in [2.75, 3.05) is 33.3 Å². The summed E-state index contributed by atoms with van der Waals surface area (Å²) in [6.07, 6.45) is 5.80. The molecule has 5 nitrogen and oxygen atoms in total. The number of rotatable bonds is 5. The van der Waals surface area contributed by atoms with Crippen molar-refractivity contribution in [1.82, 2.24) is 9.80 Å². The van der Waals surface area contributed by atoms with Crippen molar-refractivity contribution in [2.45, 2.75) is 105 Å². The average Bonchev–Trinajstić information content (AvgIpc) is 2.94. The van der Waals surface area contributed by atoms with Crippen LogP contribution >= 0.6 is 0 Å². The average molecular weight is 624 g/mol. The Morgan fingerprint density at radius 2 is 1.40 bits per heavy atom. The van der Waals surface area contributed by atoms with Gasteiger partial charge in [-0.05, 0) is 116 Å². The van der Waals surface area contributed by atoms with Gasteiger partial charge in [0.05, 0.1) is 13.2 Å². The number of benzene rings is 2. The fourth-order valence-electron chi connectivity index (χ4n) is 8.32. The molecule has 4 heterocycles. The van der Waals surface area contributed by atoms with Gasteiger partial charge in [-0.15, -0.1) is 0 Å². The third-order valence-corrected chi connectivity index (χ3v) is 10.7. The molecule has 0 aromatic heterocycles. The normalized spacial score (nSPS) is 25.9. The standard InChI is InChI=1S/C19H29NO2.C19H27NO.B.Na.H/c1-12(2)7-15-11-20-6-5-14-8-13(3)19(22-4)9-16(14)17(20)10-18(15)21;1-12(2)7-16-11-20-6-5-15-8-13(3)14(4)9-17(15)18(20)10-19(16)21;;;/h8-9,12,15,17-18,21H,5-7,10-11H2,1-4H3;8-9,12,16,18H,5-7,10-11H2,1-4H3;;;/q;;;+1;-1. The maximum atomic E-state index is 12.5. The van der Waals surface area contributed by atoms with Crippen LogP contribution in [0.25, 0.3) is 0 Å². The second-order valence-electron chi connectivity index (χ2n) is 14.9. The minimum Gasteiger partial charge on any atom is -1.00 e. The summed E-state index contributed by atoms with van der Waals surface area (Å²) in [7, 11) is 1.74. The van der Waals surface area contributed by atoms with Crippen molar-refractivity contribution < 1.29 is 45.6 Å². The van der Waals surface area contributed by atoms with Gasteiger partial charge in [0.15, 0.2) is 0 Å². The Hall–Kier alpha value is -1.15. The van der Waals surface area contributed by atoms with E-state index >= 15 is 0 Å². The number of nitrogens with zero attached hydrogens (tertiary/aromatic N) is 2. The largest absolute Gasteiger partial charge is 1.00 e. The number of carbonyl (C=O) groups excluding carboxylic acids is 1. The maximum absolute atomic E-state index is 12.5. The smallest absolute Gasteiger partial charge is 1.00 e. The Bertz CT molecular complexity index is 1320. The Kier molecular flexibility index (Phi) is 13.9. The Balaban J connectivity index is 0.000000301. The van der Waals surface area contributed by atoms with Crippen LogP contribution in [-0.4, -0.2) is 68.5 Å². The van der Waals surface area contributed by atoms with Gasteiger partial charge in [0.2, 0.25) is 0 Å². The number of aliphatic hydroxyl groups is 1. The van der Waals surface area contributed by atoms with Crippen LogP contribution in [0.4, 0.5) is 0 Å². The van der Waals surface area contributed by atoms with Crippen LogP contribution in [0.5, 0.6) is 5.75 Å². The molecular weight excluding hydrogens is 566 g/mol. The molecule has 0 spiro atoms. The molecule has 0 saturated carbocycles. The second kappa shape index (κ2) is 16.3. The maximum Gasteiger partial charge on any atom is 1.00 e. The number of hydrogen-bond acceptors (Lipinski definition) is 5. The van der Waals surface area contributed by atoms with E-state index in [0.717, 1.165) is 64.0 Å². The predicted molar refractivity (Wildman–Crippen MR) is 183 cm³/mol. The fourth-order valence-corrected chi connectivity index (χ4v) is 8.32.